The van der Waals surface area contributed by atoms with Gasteiger partial charge in [0.05, 0.1) is 28.5 Å². The average molecular weight is 230 g/mol. The van der Waals surface area contributed by atoms with E-state index in [4.69, 9.17) is 5.26 Å². The number of non-ortho nitro benzene ring substituents is 1. The first-order valence-electron chi connectivity index (χ1n) is 4.42. The maximum absolute atomic E-state index is 10.6. The molecular formula is C11H6N2O4. The third kappa shape index (κ3) is 2.80. The van der Waals surface area contributed by atoms with E-state index in [9.17, 15) is 20.0 Å². The number of nitrogens with zero attached hydrogens (tertiary/aromatic N) is 2. The Labute approximate surface area is 96.3 Å². The van der Waals surface area contributed by atoms with Gasteiger partial charge in [0, 0.05) is 12.1 Å². The van der Waals surface area contributed by atoms with Crippen molar-refractivity contribution in [3.8, 4) is 23.7 Å². The van der Waals surface area contributed by atoms with Crippen molar-refractivity contribution in [1.82, 2.24) is 0 Å². The number of hydrogen-bond donors (Lipinski definition) is 1. The summed E-state index contributed by atoms with van der Waals surface area (Å²) >= 11 is 0. The highest BCUT2D eigenvalue weighted by molar-refractivity contribution is 5.82. The minimum Gasteiger partial charge on any atom is -0.506 e. The van der Waals surface area contributed by atoms with Gasteiger partial charge < -0.3 is 5.11 Å². The number of phenolic OH excluding ortho intramolecular Hbond substituents is 1. The number of benzene rings is 1. The summed E-state index contributed by atoms with van der Waals surface area (Å²) in [6, 6.07) is 3.77. The Hall–Kier alpha value is -2.86. The lowest BCUT2D eigenvalue weighted by Crippen LogP contribution is -1.93. The lowest BCUT2D eigenvalue weighted by atomic mass is 10.1. The van der Waals surface area contributed by atoms with Crippen LogP contribution in [0.5, 0.6) is 5.75 Å². The Morgan fingerprint density at radius 2 is 2.24 bits per heavy atom. The van der Waals surface area contributed by atoms with Crippen LogP contribution in [0.25, 0.3) is 0 Å². The second kappa shape index (κ2) is 5.29. The topological polar surface area (TPSA) is 104 Å². The minimum atomic E-state index is -0.693. The van der Waals surface area contributed by atoms with Crippen molar-refractivity contribution in [1.29, 1.82) is 5.26 Å². The van der Waals surface area contributed by atoms with Crippen LogP contribution in [0, 0.1) is 33.3 Å². The Bertz CT molecular complexity index is 576. The fraction of sp³-hybridized carbons (Fsp3) is 0.0909. The molecule has 0 atom stereocenters. The number of nitro groups is 1. The van der Waals surface area contributed by atoms with Gasteiger partial charge in [0.15, 0.2) is 6.29 Å². The first-order chi connectivity index (χ1) is 8.10. The Morgan fingerprint density at radius 1 is 1.53 bits per heavy atom. The van der Waals surface area contributed by atoms with Gasteiger partial charge in [-0.3, -0.25) is 14.9 Å². The number of phenols is 1. The van der Waals surface area contributed by atoms with Crippen LogP contribution in [0.1, 0.15) is 22.3 Å². The van der Waals surface area contributed by atoms with E-state index in [2.05, 4.69) is 11.8 Å². The minimum absolute atomic E-state index is 0.0449. The number of rotatable bonds is 2. The number of carbonyl (C=O) groups is 1. The van der Waals surface area contributed by atoms with E-state index in [1.807, 2.05) is 0 Å². The molecular weight excluding hydrogens is 224 g/mol. The highest BCUT2D eigenvalue weighted by atomic mass is 16.6. The van der Waals surface area contributed by atoms with Crippen molar-refractivity contribution < 1.29 is 14.8 Å². The zero-order chi connectivity index (χ0) is 12.8. The van der Waals surface area contributed by atoms with Crippen LogP contribution in [-0.4, -0.2) is 16.3 Å². The molecule has 17 heavy (non-hydrogen) atoms. The SMILES string of the molecule is N#CCC#Cc1cc([N+](=O)[O-])cc(C=O)c1O. The molecule has 0 aliphatic rings. The van der Waals surface area contributed by atoms with E-state index in [1.54, 1.807) is 6.07 Å². The van der Waals surface area contributed by atoms with Crippen LogP contribution >= 0.6 is 0 Å². The van der Waals surface area contributed by atoms with Gasteiger partial charge in [-0.05, 0) is 0 Å². The molecule has 0 radical (unpaired) electrons. The van der Waals surface area contributed by atoms with Crippen LogP contribution in [0.3, 0.4) is 0 Å². The molecule has 6 heteroatoms. The number of aldehydes is 1. The van der Waals surface area contributed by atoms with Crippen molar-refractivity contribution >= 4 is 12.0 Å². The predicted molar refractivity (Wildman–Crippen MR) is 57.3 cm³/mol. The summed E-state index contributed by atoms with van der Waals surface area (Å²) in [6.07, 6.45) is 0.233. The second-order valence-corrected chi connectivity index (χ2v) is 2.94. The van der Waals surface area contributed by atoms with Crippen LogP contribution in [0.2, 0.25) is 0 Å². The molecule has 0 aliphatic heterocycles. The van der Waals surface area contributed by atoms with Crippen LogP contribution in [-0.2, 0) is 0 Å². The maximum Gasteiger partial charge on any atom is 0.271 e. The molecule has 0 amide bonds. The van der Waals surface area contributed by atoms with E-state index < -0.39 is 10.7 Å². The fourth-order valence-electron chi connectivity index (χ4n) is 1.11. The molecule has 0 spiro atoms. The molecule has 0 saturated heterocycles. The quantitative estimate of drug-likeness (QED) is 0.357. The molecule has 84 valence electrons. The summed E-state index contributed by atoms with van der Waals surface area (Å²) in [6.45, 7) is 0. The third-order valence-electron chi connectivity index (χ3n) is 1.85. The van der Waals surface area contributed by atoms with Crippen molar-refractivity contribution in [3.63, 3.8) is 0 Å². The van der Waals surface area contributed by atoms with Gasteiger partial charge in [0.1, 0.15) is 5.75 Å². The molecule has 0 aromatic heterocycles. The third-order valence-corrected chi connectivity index (χ3v) is 1.85. The van der Waals surface area contributed by atoms with E-state index in [1.165, 1.54) is 0 Å². The Morgan fingerprint density at radius 3 is 2.76 bits per heavy atom. The summed E-state index contributed by atoms with van der Waals surface area (Å²) in [5.41, 5.74) is -0.594. The normalized spacial score (nSPS) is 8.65. The highest BCUT2D eigenvalue weighted by Crippen LogP contribution is 2.26. The van der Waals surface area contributed by atoms with Gasteiger partial charge in [-0.1, -0.05) is 11.8 Å². The number of aromatic hydroxyl groups is 1. The first kappa shape index (κ1) is 12.2. The Kier molecular flexibility index (Phi) is 3.80. The summed E-state index contributed by atoms with van der Waals surface area (Å²) in [5, 5.41) is 28.4. The highest BCUT2D eigenvalue weighted by Gasteiger charge is 2.14. The van der Waals surface area contributed by atoms with Gasteiger partial charge >= 0.3 is 0 Å². The van der Waals surface area contributed by atoms with Gasteiger partial charge in [-0.2, -0.15) is 5.26 Å². The molecule has 1 rings (SSSR count). The average Bonchev–Trinajstić information content (AvgIpc) is 2.31. The molecule has 1 N–H and O–H groups in total. The van der Waals surface area contributed by atoms with Crippen molar-refractivity contribution in [2.75, 3.05) is 0 Å². The summed E-state index contributed by atoms with van der Waals surface area (Å²) < 4.78 is 0. The van der Waals surface area contributed by atoms with Crippen molar-refractivity contribution in [2.24, 2.45) is 0 Å². The van der Waals surface area contributed by atoms with Gasteiger partial charge in [-0.15, -0.1) is 0 Å². The lowest BCUT2D eigenvalue weighted by Gasteiger charge is -2.00. The van der Waals surface area contributed by atoms with Crippen LogP contribution < -0.4 is 0 Å². The summed E-state index contributed by atoms with van der Waals surface area (Å²) in [7, 11) is 0. The monoisotopic (exact) mass is 230 g/mol. The Balaban J connectivity index is 3.35. The van der Waals surface area contributed by atoms with Gasteiger partial charge in [0.25, 0.3) is 5.69 Å². The number of nitro benzene ring substituents is 1. The first-order valence-corrected chi connectivity index (χ1v) is 4.42. The van der Waals surface area contributed by atoms with Crippen LogP contribution in [0.4, 0.5) is 5.69 Å². The van der Waals surface area contributed by atoms with E-state index in [-0.39, 0.29) is 23.2 Å². The molecule has 0 unspecified atom stereocenters. The van der Waals surface area contributed by atoms with Crippen LogP contribution in [0.15, 0.2) is 12.1 Å². The zero-order valence-electron chi connectivity index (χ0n) is 8.51. The van der Waals surface area contributed by atoms with E-state index in [0.717, 1.165) is 12.1 Å². The van der Waals surface area contributed by atoms with Crippen molar-refractivity contribution in [3.05, 3.63) is 33.4 Å². The zero-order valence-corrected chi connectivity index (χ0v) is 8.51. The maximum atomic E-state index is 10.6. The molecule has 0 saturated carbocycles. The molecule has 0 aliphatic carbocycles. The molecule has 1 aromatic rings. The van der Waals surface area contributed by atoms with Gasteiger partial charge in [0.2, 0.25) is 0 Å². The fourth-order valence-corrected chi connectivity index (χ4v) is 1.11. The molecule has 6 nitrogen and oxygen atoms in total. The second-order valence-electron chi connectivity index (χ2n) is 2.94. The smallest absolute Gasteiger partial charge is 0.271 e. The number of nitriles is 1. The summed E-state index contributed by atoms with van der Waals surface area (Å²) in [5.74, 6) is 4.38. The van der Waals surface area contributed by atoms with Crippen molar-refractivity contribution in [2.45, 2.75) is 6.42 Å². The summed E-state index contributed by atoms with van der Waals surface area (Å²) in [4.78, 5) is 20.5. The van der Waals surface area contributed by atoms with E-state index in [0.29, 0.717) is 6.29 Å². The predicted octanol–water partition coefficient (Wildman–Crippen LogP) is 1.38. The number of carbonyl (C=O) groups excluding carboxylic acids is 1. The van der Waals surface area contributed by atoms with Gasteiger partial charge in [-0.25, -0.2) is 0 Å². The van der Waals surface area contributed by atoms with E-state index >= 15 is 0 Å². The lowest BCUT2D eigenvalue weighted by molar-refractivity contribution is -0.384. The standard InChI is InChI=1S/C11H6N2O4/c12-4-2-1-3-8-5-10(13(16)17)6-9(7-14)11(8)15/h5-7,15H,2H2. The molecule has 0 heterocycles. The largest absolute Gasteiger partial charge is 0.506 e. The molecule has 1 aromatic carbocycles. The molecule has 0 bridgehead atoms. The number of hydrogen-bond acceptors (Lipinski definition) is 5. The molecule has 0 fully saturated rings.